The molecule has 12 N–H and O–H groups in total. The molecule has 566 valence electrons. The Labute approximate surface area is 581 Å². The number of unbranched alkanes of at least 4 members (excludes halogenated alkanes) is 45. The molecular formula is C77H145NO18. The maximum Gasteiger partial charge on any atom is 0.220 e. The van der Waals surface area contributed by atoms with Gasteiger partial charge in [0.25, 0.3) is 0 Å². The normalized spacial score (nSPS) is 27.1. The van der Waals surface area contributed by atoms with Gasteiger partial charge in [-0.1, -0.05) is 301 Å². The molecule has 1 amide bonds. The summed E-state index contributed by atoms with van der Waals surface area (Å²) in [5.41, 5.74) is 0. The highest BCUT2D eigenvalue weighted by atomic mass is 16.8. The number of aliphatic hydroxyl groups is 11. The van der Waals surface area contributed by atoms with E-state index >= 15 is 0 Å². The molecule has 17 unspecified atom stereocenters. The van der Waals surface area contributed by atoms with Gasteiger partial charge in [0.1, 0.15) is 73.2 Å². The van der Waals surface area contributed by atoms with Gasteiger partial charge in [-0.15, -0.1) is 0 Å². The van der Waals surface area contributed by atoms with Crippen molar-refractivity contribution in [3.8, 4) is 0 Å². The molecule has 0 bridgehead atoms. The predicted molar refractivity (Wildman–Crippen MR) is 379 cm³/mol. The number of nitrogens with one attached hydrogen (secondary N) is 1. The Bertz CT molecular complexity index is 1830. The highest BCUT2D eigenvalue weighted by Gasteiger charge is 2.53. The van der Waals surface area contributed by atoms with Gasteiger partial charge in [-0.2, -0.15) is 0 Å². The monoisotopic (exact) mass is 1370 g/mol. The van der Waals surface area contributed by atoms with Crippen molar-refractivity contribution in [2.75, 3.05) is 26.4 Å². The molecule has 3 fully saturated rings. The van der Waals surface area contributed by atoms with E-state index in [0.29, 0.717) is 6.42 Å². The van der Waals surface area contributed by atoms with E-state index in [1.807, 2.05) is 6.08 Å². The van der Waals surface area contributed by atoms with E-state index in [-0.39, 0.29) is 18.9 Å². The van der Waals surface area contributed by atoms with E-state index < -0.39 is 124 Å². The van der Waals surface area contributed by atoms with Crippen LogP contribution in [0.1, 0.15) is 328 Å². The Morgan fingerprint density at radius 2 is 0.656 bits per heavy atom. The van der Waals surface area contributed by atoms with Crippen LogP contribution in [-0.4, -0.2) is 193 Å². The van der Waals surface area contributed by atoms with E-state index in [2.05, 4.69) is 31.3 Å². The summed E-state index contributed by atoms with van der Waals surface area (Å²) < 4.78 is 34.4. The molecule has 0 aromatic rings. The third kappa shape index (κ3) is 39.1. The zero-order valence-corrected chi connectivity index (χ0v) is 60.4. The predicted octanol–water partition coefficient (Wildman–Crippen LogP) is 12.6. The van der Waals surface area contributed by atoms with Crippen molar-refractivity contribution in [1.29, 1.82) is 0 Å². The number of aliphatic hydroxyl groups excluding tert-OH is 11. The van der Waals surface area contributed by atoms with Crippen LogP contribution in [0, 0.1) is 0 Å². The summed E-state index contributed by atoms with van der Waals surface area (Å²) in [5.74, 6) is -0.269. The average Bonchev–Trinajstić information content (AvgIpc) is 0.787. The Hall–Kier alpha value is -1.73. The van der Waals surface area contributed by atoms with E-state index in [1.165, 1.54) is 257 Å². The summed E-state index contributed by atoms with van der Waals surface area (Å²) in [4.78, 5) is 13.5. The molecule has 0 radical (unpaired) electrons. The highest BCUT2D eigenvalue weighted by Crippen LogP contribution is 2.33. The highest BCUT2D eigenvalue weighted by molar-refractivity contribution is 5.76. The van der Waals surface area contributed by atoms with E-state index in [9.17, 15) is 61.0 Å². The zero-order chi connectivity index (χ0) is 69.6. The molecule has 17 atom stereocenters. The summed E-state index contributed by atoms with van der Waals surface area (Å²) >= 11 is 0. The number of carbonyl (C=O) groups is 1. The minimum absolute atomic E-state index is 0.248. The molecular weight excluding hydrogens is 1230 g/mol. The molecule has 3 heterocycles. The molecule has 0 aromatic carbocycles. The smallest absolute Gasteiger partial charge is 0.220 e. The van der Waals surface area contributed by atoms with Gasteiger partial charge in [0.05, 0.1) is 38.6 Å². The van der Waals surface area contributed by atoms with E-state index in [4.69, 9.17) is 28.4 Å². The number of allylic oxidation sites excluding steroid dienone is 3. The van der Waals surface area contributed by atoms with Crippen LogP contribution in [0.5, 0.6) is 0 Å². The summed E-state index contributed by atoms with van der Waals surface area (Å²) in [5, 5.41) is 121. The lowest BCUT2D eigenvalue weighted by molar-refractivity contribution is -0.379. The topological polar surface area (TPSA) is 307 Å². The van der Waals surface area contributed by atoms with Crippen LogP contribution in [-0.2, 0) is 33.2 Å². The Morgan fingerprint density at radius 3 is 1.01 bits per heavy atom. The van der Waals surface area contributed by atoms with Crippen molar-refractivity contribution in [1.82, 2.24) is 5.32 Å². The minimum Gasteiger partial charge on any atom is -0.394 e. The second-order valence-corrected chi connectivity index (χ2v) is 28.5. The second-order valence-electron chi connectivity index (χ2n) is 28.5. The fraction of sp³-hybridized carbons (Fsp3) is 0.935. The largest absolute Gasteiger partial charge is 0.394 e. The van der Waals surface area contributed by atoms with Crippen LogP contribution in [0.15, 0.2) is 24.3 Å². The van der Waals surface area contributed by atoms with Crippen molar-refractivity contribution in [2.45, 2.75) is 433 Å². The molecule has 0 aliphatic carbocycles. The molecule has 0 spiro atoms. The quantitative estimate of drug-likeness (QED) is 0.0199. The number of hydrogen-bond donors (Lipinski definition) is 12. The maximum atomic E-state index is 13.5. The molecule has 19 heteroatoms. The summed E-state index contributed by atoms with van der Waals surface area (Å²) in [6, 6.07) is -0.972. The SMILES string of the molecule is CCCCCCCCCC/C=C\CCCCCCCCCCCCCCCCCCCC(=O)NC(COC1OC(CO)C(OC2OC(CO)C(OC3OC(CO)C(O)C(O)C3O)C(O)C2O)C(O)C1O)C(O)/C=C/CCCCCCCCCCCCCCCCCCCCCC. The zero-order valence-electron chi connectivity index (χ0n) is 60.4. The Morgan fingerprint density at radius 1 is 0.365 bits per heavy atom. The van der Waals surface area contributed by atoms with Gasteiger partial charge in [-0.25, -0.2) is 0 Å². The van der Waals surface area contributed by atoms with Crippen LogP contribution < -0.4 is 5.32 Å². The Kier molecular flexibility index (Phi) is 54.1. The first-order valence-electron chi connectivity index (χ1n) is 39.6. The number of rotatable bonds is 63. The van der Waals surface area contributed by atoms with Gasteiger partial charge in [0.2, 0.25) is 5.91 Å². The van der Waals surface area contributed by atoms with E-state index in [1.54, 1.807) is 6.08 Å². The summed E-state index contributed by atoms with van der Waals surface area (Å²) in [7, 11) is 0. The molecule has 3 rings (SSSR count). The Balaban J connectivity index is 1.38. The molecule has 3 saturated heterocycles. The first-order chi connectivity index (χ1) is 46.8. The van der Waals surface area contributed by atoms with Gasteiger partial charge < -0.3 is 89.9 Å². The van der Waals surface area contributed by atoms with Crippen molar-refractivity contribution in [2.24, 2.45) is 0 Å². The van der Waals surface area contributed by atoms with Gasteiger partial charge in [0.15, 0.2) is 18.9 Å². The third-order valence-electron chi connectivity index (χ3n) is 20.0. The lowest BCUT2D eigenvalue weighted by Crippen LogP contribution is -2.66. The van der Waals surface area contributed by atoms with Crippen LogP contribution >= 0.6 is 0 Å². The number of amides is 1. The molecule has 0 aromatic heterocycles. The molecule has 19 nitrogen and oxygen atoms in total. The summed E-state index contributed by atoms with van der Waals surface area (Å²) in [6.07, 6.45) is 43.0. The maximum absolute atomic E-state index is 13.5. The van der Waals surface area contributed by atoms with Crippen molar-refractivity contribution in [3.05, 3.63) is 24.3 Å². The molecule has 3 aliphatic heterocycles. The van der Waals surface area contributed by atoms with Gasteiger partial charge in [-0.05, 0) is 44.9 Å². The van der Waals surface area contributed by atoms with Crippen LogP contribution in [0.3, 0.4) is 0 Å². The lowest BCUT2D eigenvalue weighted by Gasteiger charge is -2.48. The van der Waals surface area contributed by atoms with Crippen LogP contribution in [0.25, 0.3) is 0 Å². The summed E-state index contributed by atoms with van der Waals surface area (Å²) in [6.45, 7) is 1.79. The number of carbonyl (C=O) groups excluding carboxylic acids is 1. The molecule has 96 heavy (non-hydrogen) atoms. The fourth-order valence-corrected chi connectivity index (χ4v) is 13.6. The standard InChI is InChI=1S/C77H145NO18/c1-3-5-7-9-11-13-15-17-19-21-23-25-27-28-29-30-31-32-33-35-37-39-41-43-45-47-49-51-53-55-65(83)78-60(61(82)54-52-50-48-46-44-42-40-38-36-34-26-24-22-20-18-16-14-12-10-8-6-4-2)59-91-75-71(89)68(86)73(63(57-80)93-75)96-77-72(90)69(87)74(64(58-81)94-77)95-76-70(88)67(85)66(84)62(56-79)92-76/h21,23,52,54,60-64,66-77,79-82,84-90H,3-20,22,24-51,53,55-59H2,1-2H3,(H,78,83)/b23-21-,54-52+. The number of ether oxygens (including phenoxy) is 6. The molecule has 3 aliphatic rings. The van der Waals surface area contributed by atoms with Crippen molar-refractivity contribution >= 4 is 5.91 Å². The van der Waals surface area contributed by atoms with Crippen molar-refractivity contribution in [3.63, 3.8) is 0 Å². The van der Waals surface area contributed by atoms with Crippen LogP contribution in [0.4, 0.5) is 0 Å². The van der Waals surface area contributed by atoms with Gasteiger partial charge in [-0.3, -0.25) is 4.79 Å². The minimum atomic E-state index is -1.98. The second kappa shape index (κ2) is 58.7. The fourth-order valence-electron chi connectivity index (χ4n) is 13.6. The van der Waals surface area contributed by atoms with E-state index in [0.717, 1.165) is 44.9 Å². The first kappa shape index (κ1) is 88.5. The lowest BCUT2D eigenvalue weighted by atomic mass is 9.96. The van der Waals surface area contributed by atoms with Crippen molar-refractivity contribution < 1.29 is 89.4 Å². The first-order valence-corrected chi connectivity index (χ1v) is 39.6. The third-order valence-corrected chi connectivity index (χ3v) is 20.0. The average molecular weight is 1370 g/mol. The molecule has 0 saturated carbocycles. The van der Waals surface area contributed by atoms with Crippen LogP contribution in [0.2, 0.25) is 0 Å². The number of hydrogen-bond acceptors (Lipinski definition) is 18. The van der Waals surface area contributed by atoms with Gasteiger partial charge in [0, 0.05) is 6.42 Å². The van der Waals surface area contributed by atoms with Gasteiger partial charge >= 0.3 is 0 Å².